The molecule has 130 valence electrons. The summed E-state index contributed by atoms with van der Waals surface area (Å²) in [6.07, 6.45) is 0.257. The van der Waals surface area contributed by atoms with Gasteiger partial charge in [-0.1, -0.05) is 30.3 Å². The van der Waals surface area contributed by atoms with Crippen molar-refractivity contribution in [2.24, 2.45) is 5.92 Å². The third-order valence-corrected chi connectivity index (χ3v) is 4.22. The molecule has 25 heavy (non-hydrogen) atoms. The second-order valence-electron chi connectivity index (χ2n) is 6.03. The lowest BCUT2D eigenvalue weighted by Gasteiger charge is -2.26. The number of carbonyl (C=O) groups excluding carboxylic acids is 1. The van der Waals surface area contributed by atoms with Gasteiger partial charge >= 0.3 is 5.97 Å². The maximum Gasteiger partial charge on any atom is 0.305 e. The van der Waals surface area contributed by atoms with Crippen molar-refractivity contribution in [1.29, 1.82) is 0 Å². The number of carboxylic acid groups (broad SMARTS) is 1. The maximum atomic E-state index is 13.1. The van der Waals surface area contributed by atoms with Crippen molar-refractivity contribution in [2.75, 3.05) is 6.61 Å². The number of para-hydroxylation sites is 1. The Hall–Kier alpha value is -2.89. The average Bonchev–Trinajstić information content (AvgIpc) is 2.61. The Kier molecular flexibility index (Phi) is 4.97. The predicted molar refractivity (Wildman–Crippen MR) is 88.7 cm³/mol. The number of carboxylic acids is 1. The number of carbonyl (C=O) groups is 2. The highest BCUT2D eigenvalue weighted by Crippen LogP contribution is 2.27. The van der Waals surface area contributed by atoms with Gasteiger partial charge in [0.1, 0.15) is 18.2 Å². The Morgan fingerprint density at radius 2 is 1.92 bits per heavy atom. The zero-order valence-electron chi connectivity index (χ0n) is 13.4. The molecule has 0 bridgehead atoms. The fourth-order valence-electron chi connectivity index (χ4n) is 2.91. The molecule has 0 saturated heterocycles. The van der Waals surface area contributed by atoms with Crippen molar-refractivity contribution in [3.05, 3.63) is 65.5 Å². The molecule has 2 atom stereocenters. The second-order valence-corrected chi connectivity index (χ2v) is 6.03. The Labute approximate surface area is 144 Å². The predicted octanol–water partition coefficient (Wildman–Crippen LogP) is 2.71. The summed E-state index contributed by atoms with van der Waals surface area (Å²) >= 11 is 0. The third kappa shape index (κ3) is 4.15. The van der Waals surface area contributed by atoms with Crippen LogP contribution in [-0.2, 0) is 16.0 Å². The number of nitrogens with one attached hydrogen (secondary N) is 1. The molecule has 0 saturated carbocycles. The minimum absolute atomic E-state index is 0.242. The Bertz CT molecular complexity index is 775. The Balaban J connectivity index is 1.72. The SMILES string of the molecule is O=C(O)C[C@@H](NC(=O)[C@H]1COc2ccccc2C1)c1ccc(F)cc1. The first-order valence-electron chi connectivity index (χ1n) is 8.01. The van der Waals surface area contributed by atoms with Crippen LogP contribution < -0.4 is 10.1 Å². The first-order chi connectivity index (χ1) is 12.0. The molecular formula is C19H18FNO4. The Morgan fingerprint density at radius 3 is 2.64 bits per heavy atom. The summed E-state index contributed by atoms with van der Waals surface area (Å²) in [5.41, 5.74) is 1.50. The topological polar surface area (TPSA) is 75.6 Å². The molecule has 5 nitrogen and oxygen atoms in total. The fraction of sp³-hybridized carbons (Fsp3) is 0.263. The van der Waals surface area contributed by atoms with Gasteiger partial charge in [-0.25, -0.2) is 4.39 Å². The highest BCUT2D eigenvalue weighted by Gasteiger charge is 2.28. The van der Waals surface area contributed by atoms with Gasteiger partial charge in [-0.05, 0) is 35.7 Å². The van der Waals surface area contributed by atoms with Crippen molar-refractivity contribution in [3.63, 3.8) is 0 Å². The summed E-state index contributed by atoms with van der Waals surface area (Å²) in [6, 6.07) is 12.3. The van der Waals surface area contributed by atoms with Crippen LogP contribution in [0, 0.1) is 11.7 Å². The molecule has 0 radical (unpaired) electrons. The van der Waals surface area contributed by atoms with E-state index in [0.29, 0.717) is 12.0 Å². The number of aliphatic carboxylic acids is 1. The summed E-state index contributed by atoms with van der Waals surface area (Å²) in [6.45, 7) is 0.242. The molecule has 0 aromatic heterocycles. The van der Waals surface area contributed by atoms with Crippen molar-refractivity contribution < 1.29 is 23.8 Å². The lowest BCUT2D eigenvalue weighted by molar-refractivity contribution is -0.138. The number of fused-ring (bicyclic) bond motifs is 1. The molecule has 1 amide bonds. The number of amides is 1. The van der Waals surface area contributed by atoms with Crippen molar-refractivity contribution in [2.45, 2.75) is 18.9 Å². The van der Waals surface area contributed by atoms with Crippen molar-refractivity contribution in [1.82, 2.24) is 5.32 Å². The molecule has 2 N–H and O–H groups in total. The zero-order chi connectivity index (χ0) is 17.8. The first-order valence-corrected chi connectivity index (χ1v) is 8.01. The first kappa shape index (κ1) is 17.0. The standard InChI is InChI=1S/C19H18FNO4/c20-15-7-5-12(6-8-15)16(10-18(22)23)21-19(24)14-9-13-3-1-2-4-17(13)25-11-14/h1-8,14,16H,9-11H2,(H,21,24)(H,22,23)/t14-,16-/m1/s1. The number of halogens is 1. The largest absolute Gasteiger partial charge is 0.492 e. The quantitative estimate of drug-likeness (QED) is 0.875. The fourth-order valence-corrected chi connectivity index (χ4v) is 2.91. The van der Waals surface area contributed by atoms with E-state index in [2.05, 4.69) is 5.32 Å². The van der Waals surface area contributed by atoms with E-state index in [4.69, 9.17) is 9.84 Å². The van der Waals surface area contributed by atoms with E-state index in [-0.39, 0.29) is 18.9 Å². The zero-order valence-corrected chi connectivity index (χ0v) is 13.4. The smallest absolute Gasteiger partial charge is 0.305 e. The average molecular weight is 343 g/mol. The van der Waals surface area contributed by atoms with Gasteiger partial charge in [0.2, 0.25) is 5.91 Å². The normalized spacial score (nSPS) is 17.1. The van der Waals surface area contributed by atoms with Crippen molar-refractivity contribution >= 4 is 11.9 Å². The molecule has 2 aromatic rings. The third-order valence-electron chi connectivity index (χ3n) is 4.22. The number of hydrogen-bond acceptors (Lipinski definition) is 3. The van der Waals surface area contributed by atoms with E-state index in [1.165, 1.54) is 24.3 Å². The van der Waals surface area contributed by atoms with Gasteiger partial charge in [-0.15, -0.1) is 0 Å². The molecule has 0 fully saturated rings. The minimum Gasteiger partial charge on any atom is -0.492 e. The minimum atomic E-state index is -1.04. The molecular weight excluding hydrogens is 325 g/mol. The highest BCUT2D eigenvalue weighted by molar-refractivity contribution is 5.81. The van der Waals surface area contributed by atoms with Crippen LogP contribution in [0.3, 0.4) is 0 Å². The van der Waals surface area contributed by atoms with E-state index in [1.54, 1.807) is 0 Å². The van der Waals surface area contributed by atoms with Crippen LogP contribution >= 0.6 is 0 Å². The van der Waals surface area contributed by atoms with Crippen LogP contribution in [0.15, 0.2) is 48.5 Å². The summed E-state index contributed by atoms with van der Waals surface area (Å²) in [5.74, 6) is -1.36. The molecule has 2 aromatic carbocycles. The molecule has 0 spiro atoms. The molecule has 1 aliphatic rings. The second kappa shape index (κ2) is 7.34. The Morgan fingerprint density at radius 1 is 1.20 bits per heavy atom. The summed E-state index contributed by atoms with van der Waals surface area (Å²) < 4.78 is 18.7. The van der Waals surface area contributed by atoms with E-state index >= 15 is 0 Å². The van der Waals surface area contributed by atoms with Gasteiger partial charge < -0.3 is 15.2 Å². The number of benzene rings is 2. The number of hydrogen-bond donors (Lipinski definition) is 2. The van der Waals surface area contributed by atoms with Crippen LogP contribution in [0.25, 0.3) is 0 Å². The summed E-state index contributed by atoms with van der Waals surface area (Å²) in [4.78, 5) is 23.7. The van der Waals surface area contributed by atoms with E-state index in [1.807, 2.05) is 24.3 Å². The van der Waals surface area contributed by atoms with Gasteiger partial charge in [0, 0.05) is 0 Å². The lowest BCUT2D eigenvalue weighted by Crippen LogP contribution is -2.39. The van der Waals surface area contributed by atoms with Gasteiger partial charge in [-0.2, -0.15) is 0 Å². The van der Waals surface area contributed by atoms with Gasteiger partial charge in [0.25, 0.3) is 0 Å². The molecule has 0 unspecified atom stereocenters. The number of ether oxygens (including phenoxy) is 1. The van der Waals surface area contributed by atoms with Crippen LogP contribution in [0.5, 0.6) is 5.75 Å². The lowest BCUT2D eigenvalue weighted by atomic mass is 9.95. The van der Waals surface area contributed by atoms with Gasteiger partial charge in [0.05, 0.1) is 18.4 Å². The maximum absolute atomic E-state index is 13.1. The highest BCUT2D eigenvalue weighted by atomic mass is 19.1. The van der Waals surface area contributed by atoms with E-state index in [9.17, 15) is 14.0 Å². The number of rotatable bonds is 5. The monoisotopic (exact) mass is 343 g/mol. The van der Waals surface area contributed by atoms with Gasteiger partial charge in [-0.3, -0.25) is 9.59 Å². The van der Waals surface area contributed by atoms with Gasteiger partial charge in [0.15, 0.2) is 0 Å². The van der Waals surface area contributed by atoms with Crippen LogP contribution in [0.4, 0.5) is 4.39 Å². The van der Waals surface area contributed by atoms with Crippen LogP contribution in [0.1, 0.15) is 23.6 Å². The summed E-state index contributed by atoms with van der Waals surface area (Å²) in [5, 5.41) is 11.9. The molecule has 6 heteroatoms. The van der Waals surface area contributed by atoms with E-state index < -0.39 is 23.7 Å². The summed E-state index contributed by atoms with van der Waals surface area (Å²) in [7, 11) is 0. The van der Waals surface area contributed by atoms with E-state index in [0.717, 1.165) is 11.3 Å². The molecule has 1 aliphatic heterocycles. The molecule has 0 aliphatic carbocycles. The van der Waals surface area contributed by atoms with Crippen molar-refractivity contribution in [3.8, 4) is 5.75 Å². The van der Waals surface area contributed by atoms with Crippen LogP contribution in [0.2, 0.25) is 0 Å². The van der Waals surface area contributed by atoms with Crippen LogP contribution in [-0.4, -0.2) is 23.6 Å². The molecule has 1 heterocycles. The molecule has 3 rings (SSSR count).